The van der Waals surface area contributed by atoms with Crippen LogP contribution in [-0.2, 0) is 6.54 Å². The SMILES string of the molecule is c1ccc2cc(CNC(C3CC3)C3CC3)ccc2c1. The van der Waals surface area contributed by atoms with Crippen LogP contribution < -0.4 is 5.32 Å². The van der Waals surface area contributed by atoms with E-state index in [0.29, 0.717) is 0 Å². The molecule has 0 aliphatic heterocycles. The first-order chi connectivity index (χ1) is 9.40. The molecule has 0 aromatic heterocycles. The van der Waals surface area contributed by atoms with Gasteiger partial charge in [0.15, 0.2) is 0 Å². The van der Waals surface area contributed by atoms with Crippen LogP contribution in [0.25, 0.3) is 10.8 Å². The molecule has 0 radical (unpaired) electrons. The highest BCUT2D eigenvalue weighted by molar-refractivity contribution is 5.82. The molecule has 2 saturated carbocycles. The summed E-state index contributed by atoms with van der Waals surface area (Å²) >= 11 is 0. The predicted octanol–water partition coefficient (Wildman–Crippen LogP) is 4.12. The molecule has 0 heterocycles. The molecule has 1 heteroatoms. The van der Waals surface area contributed by atoms with E-state index < -0.39 is 0 Å². The van der Waals surface area contributed by atoms with E-state index in [2.05, 4.69) is 47.8 Å². The molecule has 2 aromatic rings. The second-order valence-electron chi connectivity index (χ2n) is 6.26. The molecule has 98 valence electrons. The van der Waals surface area contributed by atoms with Gasteiger partial charge < -0.3 is 5.32 Å². The summed E-state index contributed by atoms with van der Waals surface area (Å²) in [7, 11) is 0. The Hall–Kier alpha value is -1.34. The summed E-state index contributed by atoms with van der Waals surface area (Å²) in [5, 5.41) is 6.52. The zero-order chi connectivity index (χ0) is 12.7. The smallest absolute Gasteiger partial charge is 0.0208 e. The zero-order valence-electron chi connectivity index (χ0n) is 11.3. The van der Waals surface area contributed by atoms with Crippen molar-refractivity contribution >= 4 is 10.8 Å². The Morgan fingerprint density at radius 2 is 1.58 bits per heavy atom. The largest absolute Gasteiger partial charge is 0.309 e. The van der Waals surface area contributed by atoms with Crippen molar-refractivity contribution in [2.75, 3.05) is 0 Å². The van der Waals surface area contributed by atoms with E-state index in [1.54, 1.807) is 0 Å². The van der Waals surface area contributed by atoms with Crippen molar-refractivity contribution in [2.45, 2.75) is 38.3 Å². The lowest BCUT2D eigenvalue weighted by Crippen LogP contribution is -2.32. The van der Waals surface area contributed by atoms with E-state index >= 15 is 0 Å². The molecule has 0 bridgehead atoms. The molecule has 1 N–H and O–H groups in total. The maximum absolute atomic E-state index is 3.82. The molecular weight excluding hydrogens is 230 g/mol. The van der Waals surface area contributed by atoms with Crippen LogP contribution in [0.4, 0.5) is 0 Å². The Kier molecular flexibility index (Phi) is 2.81. The monoisotopic (exact) mass is 251 g/mol. The fraction of sp³-hybridized carbons (Fsp3) is 0.444. The van der Waals surface area contributed by atoms with Crippen molar-refractivity contribution in [3.05, 3.63) is 48.0 Å². The average Bonchev–Trinajstić information content (AvgIpc) is 3.32. The minimum atomic E-state index is 0.798. The van der Waals surface area contributed by atoms with Gasteiger partial charge in [0.25, 0.3) is 0 Å². The molecule has 0 saturated heterocycles. The van der Waals surface area contributed by atoms with Gasteiger partial charge in [-0.05, 0) is 59.9 Å². The van der Waals surface area contributed by atoms with Crippen molar-refractivity contribution in [3.63, 3.8) is 0 Å². The molecule has 2 aromatic carbocycles. The van der Waals surface area contributed by atoms with Crippen molar-refractivity contribution in [3.8, 4) is 0 Å². The third kappa shape index (κ3) is 2.52. The highest BCUT2D eigenvalue weighted by Gasteiger charge is 2.40. The summed E-state index contributed by atoms with van der Waals surface area (Å²) in [4.78, 5) is 0. The lowest BCUT2D eigenvalue weighted by molar-refractivity contribution is 0.416. The first-order valence-corrected chi connectivity index (χ1v) is 7.61. The minimum absolute atomic E-state index is 0.798. The quantitative estimate of drug-likeness (QED) is 0.843. The number of hydrogen-bond acceptors (Lipinski definition) is 1. The van der Waals surface area contributed by atoms with Crippen LogP contribution in [0.3, 0.4) is 0 Å². The molecule has 0 spiro atoms. The lowest BCUT2D eigenvalue weighted by atomic mass is 10.0. The third-order valence-electron chi connectivity index (χ3n) is 4.62. The van der Waals surface area contributed by atoms with Crippen LogP contribution >= 0.6 is 0 Å². The van der Waals surface area contributed by atoms with Gasteiger partial charge in [-0.15, -0.1) is 0 Å². The van der Waals surface area contributed by atoms with Crippen LogP contribution in [0.15, 0.2) is 42.5 Å². The zero-order valence-corrected chi connectivity index (χ0v) is 11.3. The van der Waals surface area contributed by atoms with E-state index in [0.717, 1.165) is 24.4 Å². The first kappa shape index (κ1) is 11.5. The number of nitrogens with one attached hydrogen (secondary N) is 1. The summed E-state index contributed by atoms with van der Waals surface area (Å²) in [5.74, 6) is 1.96. The van der Waals surface area contributed by atoms with E-state index in [-0.39, 0.29) is 0 Å². The van der Waals surface area contributed by atoms with E-state index in [4.69, 9.17) is 0 Å². The molecule has 0 unspecified atom stereocenters. The van der Waals surface area contributed by atoms with Gasteiger partial charge in [0.05, 0.1) is 0 Å². The Morgan fingerprint density at radius 1 is 0.895 bits per heavy atom. The van der Waals surface area contributed by atoms with Gasteiger partial charge in [0.1, 0.15) is 0 Å². The van der Waals surface area contributed by atoms with Crippen molar-refractivity contribution < 1.29 is 0 Å². The first-order valence-electron chi connectivity index (χ1n) is 7.61. The maximum Gasteiger partial charge on any atom is 0.0208 e. The molecule has 2 aliphatic rings. The highest BCUT2D eigenvalue weighted by atomic mass is 14.9. The number of benzene rings is 2. The van der Waals surface area contributed by atoms with Crippen LogP contribution in [0.1, 0.15) is 31.2 Å². The van der Waals surface area contributed by atoms with Gasteiger partial charge in [-0.3, -0.25) is 0 Å². The highest BCUT2D eigenvalue weighted by Crippen LogP contribution is 2.44. The fourth-order valence-electron chi connectivity index (χ4n) is 3.21. The second kappa shape index (κ2) is 4.64. The molecule has 19 heavy (non-hydrogen) atoms. The van der Waals surface area contributed by atoms with Gasteiger partial charge in [0, 0.05) is 12.6 Å². The number of fused-ring (bicyclic) bond motifs is 1. The average molecular weight is 251 g/mol. The van der Waals surface area contributed by atoms with E-state index in [1.807, 2.05) is 0 Å². The Balaban J connectivity index is 1.48. The Labute approximate surface area is 115 Å². The van der Waals surface area contributed by atoms with Crippen molar-refractivity contribution in [1.82, 2.24) is 5.32 Å². The standard InChI is InChI=1S/C18H21N/c1-2-4-17-11-13(5-6-14(17)3-1)12-19-18(15-7-8-15)16-9-10-16/h1-6,11,15-16,18-19H,7-10,12H2. The maximum atomic E-state index is 3.82. The summed E-state index contributed by atoms with van der Waals surface area (Å²) in [5.41, 5.74) is 1.42. The Morgan fingerprint density at radius 3 is 2.26 bits per heavy atom. The van der Waals surface area contributed by atoms with Gasteiger partial charge in [-0.25, -0.2) is 0 Å². The van der Waals surface area contributed by atoms with Crippen LogP contribution in [0.5, 0.6) is 0 Å². The summed E-state index contributed by atoms with van der Waals surface area (Å²) < 4.78 is 0. The molecule has 2 fully saturated rings. The number of hydrogen-bond donors (Lipinski definition) is 1. The van der Waals surface area contributed by atoms with Gasteiger partial charge in [-0.2, -0.15) is 0 Å². The molecule has 0 atom stereocenters. The van der Waals surface area contributed by atoms with Crippen molar-refractivity contribution in [1.29, 1.82) is 0 Å². The molecular formula is C18H21N. The topological polar surface area (TPSA) is 12.0 Å². The van der Waals surface area contributed by atoms with E-state index in [9.17, 15) is 0 Å². The van der Waals surface area contributed by atoms with Crippen LogP contribution in [-0.4, -0.2) is 6.04 Å². The van der Waals surface area contributed by atoms with Gasteiger partial charge in [0.2, 0.25) is 0 Å². The van der Waals surface area contributed by atoms with Gasteiger partial charge in [-0.1, -0.05) is 36.4 Å². The van der Waals surface area contributed by atoms with Crippen molar-refractivity contribution in [2.24, 2.45) is 11.8 Å². The van der Waals surface area contributed by atoms with Gasteiger partial charge >= 0.3 is 0 Å². The normalized spacial score (nSPS) is 19.2. The predicted molar refractivity (Wildman–Crippen MR) is 80.0 cm³/mol. The molecule has 2 aliphatic carbocycles. The summed E-state index contributed by atoms with van der Waals surface area (Å²) in [6, 6.07) is 16.3. The third-order valence-corrected chi connectivity index (χ3v) is 4.62. The molecule has 4 rings (SSSR count). The summed E-state index contributed by atoms with van der Waals surface area (Å²) in [6.07, 6.45) is 5.80. The molecule has 1 nitrogen and oxygen atoms in total. The fourth-order valence-corrected chi connectivity index (χ4v) is 3.21. The minimum Gasteiger partial charge on any atom is -0.309 e. The second-order valence-corrected chi connectivity index (χ2v) is 6.26. The molecule has 0 amide bonds. The van der Waals surface area contributed by atoms with E-state index in [1.165, 1.54) is 42.0 Å². The van der Waals surface area contributed by atoms with Crippen LogP contribution in [0, 0.1) is 11.8 Å². The number of rotatable bonds is 5. The Bertz CT molecular complexity index is 569. The van der Waals surface area contributed by atoms with Crippen LogP contribution in [0.2, 0.25) is 0 Å². The summed E-state index contributed by atoms with van der Waals surface area (Å²) in [6.45, 7) is 1.03. The lowest BCUT2D eigenvalue weighted by Gasteiger charge is -2.17.